The third-order valence-corrected chi connectivity index (χ3v) is 4.97. The molecule has 1 aliphatic carbocycles. The molecule has 1 aromatic carbocycles. The lowest BCUT2D eigenvalue weighted by Crippen LogP contribution is -2.54. The van der Waals surface area contributed by atoms with Crippen LogP contribution in [0, 0.1) is 23.0 Å². The van der Waals surface area contributed by atoms with E-state index in [1.165, 1.54) is 13.0 Å². The molecule has 0 bridgehead atoms. The number of nitro benzene ring substituents is 1. The van der Waals surface area contributed by atoms with Crippen LogP contribution in [0.15, 0.2) is 24.3 Å². The summed E-state index contributed by atoms with van der Waals surface area (Å²) >= 11 is 0. The highest BCUT2D eigenvalue weighted by atomic mass is 16.6. The van der Waals surface area contributed by atoms with E-state index in [1.54, 1.807) is 26.8 Å². The molecule has 27 heavy (non-hydrogen) atoms. The van der Waals surface area contributed by atoms with Crippen molar-refractivity contribution in [1.29, 1.82) is 0 Å². The Kier molecular flexibility index (Phi) is 4.45. The number of amides is 1. The molecule has 1 amide bonds. The quantitative estimate of drug-likeness (QED) is 0.479. The summed E-state index contributed by atoms with van der Waals surface area (Å²) in [7, 11) is 0. The Labute approximate surface area is 156 Å². The predicted octanol–water partition coefficient (Wildman–Crippen LogP) is 3.77. The van der Waals surface area contributed by atoms with Crippen molar-refractivity contribution in [2.45, 2.75) is 51.7 Å². The van der Waals surface area contributed by atoms with Gasteiger partial charge in [-0.25, -0.2) is 9.59 Å². The molecule has 8 heteroatoms. The first-order valence-electron chi connectivity index (χ1n) is 8.72. The fourth-order valence-electron chi connectivity index (χ4n) is 3.97. The first kappa shape index (κ1) is 18.9. The van der Waals surface area contributed by atoms with Crippen LogP contribution in [0.1, 0.15) is 44.2 Å². The number of fused-ring (bicyclic) bond motifs is 3. The number of benzene rings is 1. The van der Waals surface area contributed by atoms with Crippen molar-refractivity contribution < 1.29 is 24.4 Å². The summed E-state index contributed by atoms with van der Waals surface area (Å²) in [6, 6.07) is 1.86. The SMILES string of the molecule is Cc1c([N+](=O)[O-])ccc2c1N(C(=O)OC(C)(C)C)[C@H](C(=O)O)[C@@H]1CC=C[C@H]21. The molecule has 0 unspecified atom stereocenters. The normalized spacial score (nSPS) is 23.6. The van der Waals surface area contributed by atoms with Gasteiger partial charge in [-0.1, -0.05) is 12.2 Å². The summed E-state index contributed by atoms with van der Waals surface area (Å²) in [5.41, 5.74) is 0.235. The maximum Gasteiger partial charge on any atom is 0.415 e. The van der Waals surface area contributed by atoms with E-state index in [9.17, 15) is 24.8 Å². The minimum atomic E-state index is -1.16. The maximum atomic E-state index is 13.0. The lowest BCUT2D eigenvalue weighted by molar-refractivity contribution is -0.385. The van der Waals surface area contributed by atoms with E-state index in [1.807, 2.05) is 12.2 Å². The van der Waals surface area contributed by atoms with E-state index < -0.39 is 28.6 Å². The summed E-state index contributed by atoms with van der Waals surface area (Å²) in [5.74, 6) is -1.71. The number of carbonyl (C=O) groups excluding carboxylic acids is 1. The van der Waals surface area contributed by atoms with Gasteiger partial charge in [-0.05, 0) is 45.7 Å². The zero-order chi connectivity index (χ0) is 20.1. The number of hydrogen-bond acceptors (Lipinski definition) is 5. The molecule has 2 aliphatic rings. The van der Waals surface area contributed by atoms with Crippen LogP contribution in [0.3, 0.4) is 0 Å². The van der Waals surface area contributed by atoms with Crippen molar-refractivity contribution >= 4 is 23.4 Å². The smallest absolute Gasteiger partial charge is 0.415 e. The van der Waals surface area contributed by atoms with Gasteiger partial charge in [0.15, 0.2) is 0 Å². The number of carboxylic acids is 1. The van der Waals surface area contributed by atoms with Gasteiger partial charge in [0.2, 0.25) is 0 Å². The number of nitrogens with zero attached hydrogens (tertiary/aromatic N) is 2. The third-order valence-electron chi connectivity index (χ3n) is 4.97. The maximum absolute atomic E-state index is 13.0. The molecule has 1 heterocycles. The fourth-order valence-corrected chi connectivity index (χ4v) is 3.97. The molecule has 0 spiro atoms. The monoisotopic (exact) mass is 374 g/mol. The lowest BCUT2D eigenvalue weighted by atomic mass is 9.77. The van der Waals surface area contributed by atoms with Gasteiger partial charge in [0.25, 0.3) is 5.69 Å². The Morgan fingerprint density at radius 1 is 1.33 bits per heavy atom. The van der Waals surface area contributed by atoms with Crippen molar-refractivity contribution in [3.05, 3.63) is 45.5 Å². The summed E-state index contributed by atoms with van der Waals surface area (Å²) in [4.78, 5) is 37.0. The van der Waals surface area contributed by atoms with Crippen molar-refractivity contribution in [3.63, 3.8) is 0 Å². The van der Waals surface area contributed by atoms with Gasteiger partial charge in [-0.2, -0.15) is 0 Å². The average Bonchev–Trinajstić information content (AvgIpc) is 3.00. The molecule has 0 saturated carbocycles. The molecule has 144 valence electrons. The molecule has 1 aliphatic heterocycles. The average molecular weight is 374 g/mol. The van der Waals surface area contributed by atoms with Crippen LogP contribution in [0.2, 0.25) is 0 Å². The Morgan fingerprint density at radius 3 is 2.56 bits per heavy atom. The molecule has 3 rings (SSSR count). The Bertz CT molecular complexity index is 854. The summed E-state index contributed by atoms with van der Waals surface area (Å²) in [6.07, 6.45) is 3.50. The van der Waals surface area contributed by atoms with Crippen molar-refractivity contribution in [2.75, 3.05) is 4.90 Å². The second kappa shape index (κ2) is 6.37. The van der Waals surface area contributed by atoms with Crippen LogP contribution in [-0.4, -0.2) is 33.7 Å². The highest BCUT2D eigenvalue weighted by Crippen LogP contribution is 2.50. The van der Waals surface area contributed by atoms with Gasteiger partial charge >= 0.3 is 12.1 Å². The van der Waals surface area contributed by atoms with E-state index in [0.29, 0.717) is 12.0 Å². The van der Waals surface area contributed by atoms with Gasteiger partial charge in [-0.15, -0.1) is 0 Å². The van der Waals surface area contributed by atoms with Gasteiger partial charge in [-0.3, -0.25) is 15.0 Å². The topological polar surface area (TPSA) is 110 Å². The van der Waals surface area contributed by atoms with E-state index in [4.69, 9.17) is 4.74 Å². The zero-order valence-corrected chi connectivity index (χ0v) is 15.6. The summed E-state index contributed by atoms with van der Waals surface area (Å²) in [5, 5.41) is 21.3. The first-order chi connectivity index (χ1) is 12.5. The molecule has 0 aromatic heterocycles. The van der Waals surface area contributed by atoms with Crippen molar-refractivity contribution in [2.24, 2.45) is 5.92 Å². The van der Waals surface area contributed by atoms with Crippen LogP contribution in [0.5, 0.6) is 0 Å². The lowest BCUT2D eigenvalue weighted by Gasteiger charge is -2.42. The number of carboxylic acid groups (broad SMARTS) is 1. The van der Waals surface area contributed by atoms with Crippen LogP contribution < -0.4 is 4.90 Å². The largest absolute Gasteiger partial charge is 0.480 e. The number of ether oxygens (including phenoxy) is 1. The van der Waals surface area contributed by atoms with Crippen LogP contribution in [0.4, 0.5) is 16.2 Å². The molecule has 0 radical (unpaired) electrons. The fraction of sp³-hybridized carbons (Fsp3) is 0.474. The van der Waals surface area contributed by atoms with Gasteiger partial charge in [0.05, 0.1) is 16.2 Å². The standard InChI is InChI=1S/C19H22N2O6/c1-10-14(21(25)26)9-8-13-11-6-5-7-12(11)16(17(22)23)20(15(10)13)18(24)27-19(2,3)4/h5-6,8-9,11-12,16H,7H2,1-4H3,(H,22,23)/t11-,12+,16-/m0/s1. The zero-order valence-electron chi connectivity index (χ0n) is 15.6. The van der Waals surface area contributed by atoms with E-state index in [2.05, 4.69) is 0 Å². The first-order valence-corrected chi connectivity index (χ1v) is 8.72. The second-order valence-electron chi connectivity index (χ2n) is 7.89. The van der Waals surface area contributed by atoms with Crippen molar-refractivity contribution in [3.8, 4) is 0 Å². The van der Waals surface area contributed by atoms with Crippen LogP contribution in [-0.2, 0) is 9.53 Å². The number of hydrogen-bond donors (Lipinski definition) is 1. The number of allylic oxidation sites excluding steroid dienone is 2. The number of carbonyl (C=O) groups is 2. The second-order valence-corrected chi connectivity index (χ2v) is 7.89. The summed E-state index contributed by atoms with van der Waals surface area (Å²) in [6.45, 7) is 6.59. The van der Waals surface area contributed by atoms with E-state index >= 15 is 0 Å². The van der Waals surface area contributed by atoms with Crippen LogP contribution >= 0.6 is 0 Å². The highest BCUT2D eigenvalue weighted by Gasteiger charge is 2.50. The Balaban J connectivity index is 2.24. The summed E-state index contributed by atoms with van der Waals surface area (Å²) < 4.78 is 5.45. The number of anilines is 1. The molecular formula is C19H22N2O6. The number of rotatable bonds is 2. The Hall–Kier alpha value is -2.90. The van der Waals surface area contributed by atoms with Crippen molar-refractivity contribution in [1.82, 2.24) is 0 Å². The molecule has 3 atom stereocenters. The van der Waals surface area contributed by atoms with Gasteiger partial charge < -0.3 is 9.84 Å². The van der Waals surface area contributed by atoms with E-state index in [0.717, 1.165) is 4.90 Å². The third kappa shape index (κ3) is 3.15. The molecule has 0 saturated heterocycles. The van der Waals surface area contributed by atoms with E-state index in [-0.39, 0.29) is 28.8 Å². The van der Waals surface area contributed by atoms with Crippen LogP contribution in [0.25, 0.3) is 0 Å². The molecule has 1 aromatic rings. The molecule has 8 nitrogen and oxygen atoms in total. The molecular weight excluding hydrogens is 352 g/mol. The van der Waals surface area contributed by atoms with Gasteiger partial charge in [0, 0.05) is 17.9 Å². The molecule has 1 N–H and O–H groups in total. The highest BCUT2D eigenvalue weighted by molar-refractivity contribution is 5.99. The predicted molar refractivity (Wildman–Crippen MR) is 98.0 cm³/mol. The minimum absolute atomic E-state index is 0.160. The minimum Gasteiger partial charge on any atom is -0.480 e. The number of nitro groups is 1. The molecule has 0 fully saturated rings. The van der Waals surface area contributed by atoms with Gasteiger partial charge in [0.1, 0.15) is 11.6 Å². The Morgan fingerprint density at radius 2 is 2.00 bits per heavy atom. The number of aliphatic carboxylic acids is 1.